The quantitative estimate of drug-likeness (QED) is 0.739. The van der Waals surface area contributed by atoms with Gasteiger partial charge in [0.15, 0.2) is 0 Å². The fourth-order valence-corrected chi connectivity index (χ4v) is 2.82. The van der Waals surface area contributed by atoms with E-state index >= 15 is 0 Å². The monoisotopic (exact) mass is 275 g/mol. The lowest BCUT2D eigenvalue weighted by atomic mass is 9.98. The summed E-state index contributed by atoms with van der Waals surface area (Å²) in [6.07, 6.45) is 8.00. The van der Waals surface area contributed by atoms with Crippen LogP contribution in [0.15, 0.2) is 24.3 Å². The Bertz CT molecular complexity index is 324. The van der Waals surface area contributed by atoms with Crippen LogP contribution >= 0.6 is 0 Å². The van der Waals surface area contributed by atoms with Gasteiger partial charge in [-0.25, -0.2) is 0 Å². The molecule has 1 aromatic carbocycles. The molecule has 1 saturated heterocycles. The zero-order valence-corrected chi connectivity index (χ0v) is 14.0. The van der Waals surface area contributed by atoms with Gasteiger partial charge in [0, 0.05) is 0 Å². The lowest BCUT2D eigenvalue weighted by Crippen LogP contribution is -2.24. The number of aryl methyl sites for hydroxylation is 2. The Kier molecular flexibility index (Phi) is 8.60. The first-order chi connectivity index (χ1) is 9.67. The van der Waals surface area contributed by atoms with Gasteiger partial charge in [-0.2, -0.15) is 0 Å². The van der Waals surface area contributed by atoms with Crippen molar-refractivity contribution in [3.8, 4) is 0 Å². The standard InChI is InChI=1S/C10H14.C9H19N/c1-3-9-7-5-6-8-10(9)4-2;1-9-5-3-4-7-10(2)8-6-9/h5-8H,3-4H2,1-2H3;9H,3-8H2,1-2H3. The minimum atomic E-state index is 0.961. The van der Waals surface area contributed by atoms with E-state index in [0.717, 1.165) is 18.8 Å². The molecule has 0 spiro atoms. The third kappa shape index (κ3) is 6.56. The van der Waals surface area contributed by atoms with E-state index in [-0.39, 0.29) is 0 Å². The molecule has 0 amide bonds. The Morgan fingerprint density at radius 3 is 2.10 bits per heavy atom. The Morgan fingerprint density at radius 2 is 1.55 bits per heavy atom. The molecule has 0 bridgehead atoms. The van der Waals surface area contributed by atoms with Crippen LogP contribution in [0, 0.1) is 5.92 Å². The molecule has 0 N–H and O–H groups in total. The molecule has 0 aromatic heterocycles. The molecule has 1 aliphatic heterocycles. The highest BCUT2D eigenvalue weighted by molar-refractivity contribution is 5.26. The van der Waals surface area contributed by atoms with Crippen LogP contribution in [0.25, 0.3) is 0 Å². The molecule has 1 heteroatoms. The van der Waals surface area contributed by atoms with E-state index in [1.165, 1.54) is 49.9 Å². The Hall–Kier alpha value is -0.820. The normalized spacial score (nSPS) is 20.5. The van der Waals surface area contributed by atoms with Crippen molar-refractivity contribution >= 4 is 0 Å². The SMILES string of the molecule is CC1CCCCN(C)CC1.CCc1ccccc1CC. The van der Waals surface area contributed by atoms with Crippen LogP contribution in [-0.2, 0) is 12.8 Å². The maximum Gasteiger partial charge on any atom is -0.00192 e. The molecule has 1 atom stereocenters. The predicted molar refractivity (Wildman–Crippen MR) is 90.3 cm³/mol. The topological polar surface area (TPSA) is 3.24 Å². The van der Waals surface area contributed by atoms with Gasteiger partial charge in [-0.15, -0.1) is 0 Å². The maximum atomic E-state index is 2.45. The average molecular weight is 275 g/mol. The third-order valence-corrected chi connectivity index (χ3v) is 4.37. The van der Waals surface area contributed by atoms with Crippen LogP contribution in [0.3, 0.4) is 0 Å². The fourth-order valence-electron chi connectivity index (χ4n) is 2.82. The largest absolute Gasteiger partial charge is 0.306 e. The van der Waals surface area contributed by atoms with Gasteiger partial charge in [0.05, 0.1) is 0 Å². The highest BCUT2D eigenvalue weighted by atomic mass is 15.1. The Balaban J connectivity index is 0.000000200. The first-order valence-electron chi connectivity index (χ1n) is 8.42. The second-order valence-electron chi connectivity index (χ2n) is 6.17. The molecule has 1 heterocycles. The number of benzene rings is 1. The highest BCUT2D eigenvalue weighted by Crippen LogP contribution is 2.15. The lowest BCUT2D eigenvalue weighted by molar-refractivity contribution is 0.266. The first kappa shape index (κ1) is 17.2. The summed E-state index contributed by atoms with van der Waals surface area (Å²) in [6, 6.07) is 8.63. The molecule has 1 unspecified atom stereocenters. The molecule has 20 heavy (non-hydrogen) atoms. The summed E-state index contributed by atoms with van der Waals surface area (Å²) < 4.78 is 0. The predicted octanol–water partition coefficient (Wildman–Crippen LogP) is 4.94. The number of likely N-dealkylation sites (tertiary alicyclic amines) is 1. The van der Waals surface area contributed by atoms with E-state index in [9.17, 15) is 0 Å². The zero-order chi connectivity index (χ0) is 14.8. The minimum Gasteiger partial charge on any atom is -0.306 e. The van der Waals surface area contributed by atoms with Crippen molar-refractivity contribution < 1.29 is 0 Å². The highest BCUT2D eigenvalue weighted by Gasteiger charge is 2.08. The van der Waals surface area contributed by atoms with Crippen molar-refractivity contribution in [3.63, 3.8) is 0 Å². The van der Waals surface area contributed by atoms with E-state index in [4.69, 9.17) is 0 Å². The second-order valence-corrected chi connectivity index (χ2v) is 6.17. The van der Waals surface area contributed by atoms with E-state index < -0.39 is 0 Å². The van der Waals surface area contributed by atoms with Crippen molar-refractivity contribution in [1.29, 1.82) is 0 Å². The van der Waals surface area contributed by atoms with Crippen LogP contribution in [0.5, 0.6) is 0 Å². The first-order valence-corrected chi connectivity index (χ1v) is 8.42. The smallest absolute Gasteiger partial charge is 0.00192 e. The Labute approximate surface area is 126 Å². The van der Waals surface area contributed by atoms with Crippen LogP contribution in [0.2, 0.25) is 0 Å². The molecular weight excluding hydrogens is 242 g/mol. The van der Waals surface area contributed by atoms with E-state index in [2.05, 4.69) is 57.0 Å². The van der Waals surface area contributed by atoms with Gasteiger partial charge in [-0.05, 0) is 62.9 Å². The molecule has 0 radical (unpaired) electrons. The van der Waals surface area contributed by atoms with Gasteiger partial charge in [0.1, 0.15) is 0 Å². The molecule has 2 rings (SSSR count). The van der Waals surface area contributed by atoms with Crippen molar-refractivity contribution in [2.45, 2.75) is 59.3 Å². The molecule has 0 aliphatic carbocycles. The second kappa shape index (κ2) is 9.99. The Morgan fingerprint density at radius 1 is 0.950 bits per heavy atom. The number of nitrogens with zero attached hydrogens (tertiary/aromatic N) is 1. The molecule has 1 aromatic rings. The number of hydrogen-bond acceptors (Lipinski definition) is 1. The zero-order valence-electron chi connectivity index (χ0n) is 14.0. The van der Waals surface area contributed by atoms with Gasteiger partial charge >= 0.3 is 0 Å². The van der Waals surface area contributed by atoms with E-state index in [1.807, 2.05) is 0 Å². The number of rotatable bonds is 2. The summed E-state index contributed by atoms with van der Waals surface area (Å²) in [4.78, 5) is 2.45. The summed E-state index contributed by atoms with van der Waals surface area (Å²) in [6.45, 7) is 9.40. The van der Waals surface area contributed by atoms with E-state index in [0.29, 0.717) is 0 Å². The van der Waals surface area contributed by atoms with Crippen molar-refractivity contribution in [2.24, 2.45) is 5.92 Å². The maximum absolute atomic E-state index is 2.45. The van der Waals surface area contributed by atoms with Gasteiger partial charge in [-0.3, -0.25) is 0 Å². The van der Waals surface area contributed by atoms with Crippen LogP contribution in [0.4, 0.5) is 0 Å². The summed E-state index contributed by atoms with van der Waals surface area (Å²) in [5, 5.41) is 0. The minimum absolute atomic E-state index is 0.961. The molecule has 1 nitrogen and oxygen atoms in total. The van der Waals surface area contributed by atoms with Crippen LogP contribution in [0.1, 0.15) is 57.6 Å². The molecule has 1 aliphatic rings. The number of hydrogen-bond donors (Lipinski definition) is 0. The fraction of sp³-hybridized carbons (Fsp3) is 0.684. The van der Waals surface area contributed by atoms with Gasteiger partial charge in [0.2, 0.25) is 0 Å². The van der Waals surface area contributed by atoms with Gasteiger partial charge in [0.25, 0.3) is 0 Å². The van der Waals surface area contributed by atoms with Crippen LogP contribution < -0.4 is 0 Å². The summed E-state index contributed by atoms with van der Waals surface area (Å²) >= 11 is 0. The van der Waals surface area contributed by atoms with E-state index in [1.54, 1.807) is 0 Å². The summed E-state index contributed by atoms with van der Waals surface area (Å²) in [7, 11) is 2.23. The summed E-state index contributed by atoms with van der Waals surface area (Å²) in [5.74, 6) is 0.961. The van der Waals surface area contributed by atoms with Crippen molar-refractivity contribution in [1.82, 2.24) is 4.90 Å². The molecule has 114 valence electrons. The van der Waals surface area contributed by atoms with Crippen LogP contribution in [-0.4, -0.2) is 25.0 Å². The van der Waals surface area contributed by atoms with Crippen molar-refractivity contribution in [2.75, 3.05) is 20.1 Å². The average Bonchev–Trinajstić information content (AvgIpc) is 2.48. The van der Waals surface area contributed by atoms with Crippen molar-refractivity contribution in [3.05, 3.63) is 35.4 Å². The molecule has 0 saturated carbocycles. The molecule has 1 fully saturated rings. The third-order valence-electron chi connectivity index (χ3n) is 4.37. The summed E-state index contributed by atoms with van der Waals surface area (Å²) in [5.41, 5.74) is 2.98. The van der Waals surface area contributed by atoms with Gasteiger partial charge in [-0.1, -0.05) is 57.9 Å². The lowest BCUT2D eigenvalue weighted by Gasteiger charge is -2.22. The van der Waals surface area contributed by atoms with Gasteiger partial charge < -0.3 is 4.90 Å². The molecular formula is C19H33N.